The van der Waals surface area contributed by atoms with Gasteiger partial charge in [0.05, 0.1) is 6.10 Å². The second-order valence-electron chi connectivity index (χ2n) is 3.48. The summed E-state index contributed by atoms with van der Waals surface area (Å²) in [4.78, 5) is 0. The summed E-state index contributed by atoms with van der Waals surface area (Å²) in [5.41, 5.74) is 6.71. The van der Waals surface area contributed by atoms with Gasteiger partial charge in [0.15, 0.2) is 0 Å². The molecule has 70 valence electrons. The molecule has 0 amide bonds. The van der Waals surface area contributed by atoms with Gasteiger partial charge in [-0.15, -0.1) is 0 Å². The first-order chi connectivity index (χ1) is 6.40. The number of para-hydroxylation sites is 1. The van der Waals surface area contributed by atoms with E-state index in [2.05, 4.69) is 0 Å². The Bertz CT molecular complexity index is 281. The van der Waals surface area contributed by atoms with Gasteiger partial charge in [-0.05, 0) is 25.3 Å². The zero-order valence-electron chi connectivity index (χ0n) is 7.70. The standard InChI is InChI=1S/C11H15NO/c12-8-9-4-1-2-7-11(9)13-10-5-3-6-10/h1-2,4,7,10H,3,5-6,8,12H2. The van der Waals surface area contributed by atoms with Crippen LogP contribution < -0.4 is 10.5 Å². The molecular formula is C11H15NO. The summed E-state index contributed by atoms with van der Waals surface area (Å²) in [6, 6.07) is 8.01. The molecule has 2 nitrogen and oxygen atoms in total. The van der Waals surface area contributed by atoms with Gasteiger partial charge in [-0.2, -0.15) is 0 Å². The van der Waals surface area contributed by atoms with Crippen LogP contribution in [-0.2, 0) is 6.54 Å². The van der Waals surface area contributed by atoms with E-state index in [9.17, 15) is 0 Å². The minimum absolute atomic E-state index is 0.438. The van der Waals surface area contributed by atoms with Crippen LogP contribution in [0.4, 0.5) is 0 Å². The number of nitrogens with two attached hydrogens (primary N) is 1. The monoisotopic (exact) mass is 177 g/mol. The van der Waals surface area contributed by atoms with E-state index < -0.39 is 0 Å². The predicted molar refractivity (Wildman–Crippen MR) is 52.6 cm³/mol. The van der Waals surface area contributed by atoms with Crippen LogP contribution in [0.1, 0.15) is 24.8 Å². The number of rotatable bonds is 3. The molecule has 0 aromatic heterocycles. The predicted octanol–water partition coefficient (Wildman–Crippen LogP) is 2.08. The summed E-state index contributed by atoms with van der Waals surface area (Å²) in [6.07, 6.45) is 4.13. The highest BCUT2D eigenvalue weighted by Gasteiger charge is 2.19. The summed E-state index contributed by atoms with van der Waals surface area (Å²) in [7, 11) is 0. The van der Waals surface area contributed by atoms with Crippen LogP contribution in [-0.4, -0.2) is 6.10 Å². The molecule has 2 N–H and O–H groups in total. The van der Waals surface area contributed by atoms with Gasteiger partial charge in [0.1, 0.15) is 5.75 Å². The Morgan fingerprint density at radius 1 is 1.31 bits per heavy atom. The molecule has 0 heterocycles. The highest BCUT2D eigenvalue weighted by Crippen LogP contribution is 2.27. The fourth-order valence-corrected chi connectivity index (χ4v) is 1.46. The molecule has 0 bridgehead atoms. The fourth-order valence-electron chi connectivity index (χ4n) is 1.46. The highest BCUT2D eigenvalue weighted by molar-refractivity contribution is 5.33. The first-order valence-electron chi connectivity index (χ1n) is 4.85. The average Bonchev–Trinajstić information content (AvgIpc) is 2.12. The number of hydrogen-bond donors (Lipinski definition) is 1. The Morgan fingerprint density at radius 2 is 2.08 bits per heavy atom. The van der Waals surface area contributed by atoms with Crippen LogP contribution in [0.3, 0.4) is 0 Å². The van der Waals surface area contributed by atoms with E-state index in [1.54, 1.807) is 0 Å². The number of hydrogen-bond acceptors (Lipinski definition) is 2. The van der Waals surface area contributed by atoms with E-state index in [0.717, 1.165) is 11.3 Å². The first kappa shape index (κ1) is 8.57. The number of benzene rings is 1. The molecular weight excluding hydrogens is 162 g/mol. The van der Waals surface area contributed by atoms with Crippen LogP contribution in [0.15, 0.2) is 24.3 Å². The van der Waals surface area contributed by atoms with E-state index >= 15 is 0 Å². The number of ether oxygens (including phenoxy) is 1. The third-order valence-electron chi connectivity index (χ3n) is 2.54. The maximum absolute atomic E-state index is 5.79. The average molecular weight is 177 g/mol. The second kappa shape index (κ2) is 3.79. The molecule has 2 heteroatoms. The van der Waals surface area contributed by atoms with Crippen LogP contribution in [0.5, 0.6) is 5.75 Å². The van der Waals surface area contributed by atoms with Crippen molar-refractivity contribution in [1.29, 1.82) is 0 Å². The Balaban J connectivity index is 2.08. The minimum Gasteiger partial charge on any atom is -0.490 e. The molecule has 13 heavy (non-hydrogen) atoms. The van der Waals surface area contributed by atoms with Gasteiger partial charge in [0.25, 0.3) is 0 Å². The van der Waals surface area contributed by atoms with Gasteiger partial charge < -0.3 is 10.5 Å². The van der Waals surface area contributed by atoms with Gasteiger partial charge in [0.2, 0.25) is 0 Å². The zero-order chi connectivity index (χ0) is 9.10. The molecule has 1 aromatic rings. The third kappa shape index (κ3) is 1.83. The lowest BCUT2D eigenvalue weighted by molar-refractivity contribution is 0.119. The lowest BCUT2D eigenvalue weighted by Crippen LogP contribution is -2.25. The van der Waals surface area contributed by atoms with E-state index in [-0.39, 0.29) is 0 Å². The van der Waals surface area contributed by atoms with Crippen molar-refractivity contribution in [1.82, 2.24) is 0 Å². The van der Waals surface area contributed by atoms with Crippen molar-refractivity contribution < 1.29 is 4.74 Å². The van der Waals surface area contributed by atoms with E-state index in [4.69, 9.17) is 10.5 Å². The smallest absolute Gasteiger partial charge is 0.124 e. The van der Waals surface area contributed by atoms with Crippen LogP contribution in [0.2, 0.25) is 0 Å². The largest absolute Gasteiger partial charge is 0.490 e. The maximum Gasteiger partial charge on any atom is 0.124 e. The Labute approximate surface area is 78.7 Å². The summed E-state index contributed by atoms with van der Waals surface area (Å²) in [5.74, 6) is 0.967. The zero-order valence-corrected chi connectivity index (χ0v) is 7.70. The highest BCUT2D eigenvalue weighted by atomic mass is 16.5. The molecule has 1 saturated carbocycles. The maximum atomic E-state index is 5.79. The van der Waals surface area contributed by atoms with Crippen molar-refractivity contribution >= 4 is 0 Å². The van der Waals surface area contributed by atoms with Gasteiger partial charge in [-0.1, -0.05) is 18.2 Å². The topological polar surface area (TPSA) is 35.2 Å². The van der Waals surface area contributed by atoms with Crippen molar-refractivity contribution in [2.45, 2.75) is 31.9 Å². The third-order valence-corrected chi connectivity index (χ3v) is 2.54. The molecule has 1 aliphatic carbocycles. The van der Waals surface area contributed by atoms with Crippen molar-refractivity contribution in [3.8, 4) is 5.75 Å². The Morgan fingerprint density at radius 3 is 2.69 bits per heavy atom. The molecule has 0 saturated heterocycles. The van der Waals surface area contributed by atoms with Crippen molar-refractivity contribution in [3.05, 3.63) is 29.8 Å². The van der Waals surface area contributed by atoms with Crippen molar-refractivity contribution in [2.75, 3.05) is 0 Å². The molecule has 1 aliphatic rings. The molecule has 0 unspecified atom stereocenters. The molecule has 0 radical (unpaired) electrons. The van der Waals surface area contributed by atoms with E-state index in [1.807, 2.05) is 24.3 Å². The van der Waals surface area contributed by atoms with Gasteiger partial charge in [0, 0.05) is 12.1 Å². The lowest BCUT2D eigenvalue weighted by Gasteiger charge is -2.27. The lowest BCUT2D eigenvalue weighted by atomic mass is 9.96. The fraction of sp³-hybridized carbons (Fsp3) is 0.455. The molecule has 0 spiro atoms. The summed E-state index contributed by atoms with van der Waals surface area (Å²) in [6.45, 7) is 0.558. The van der Waals surface area contributed by atoms with Crippen LogP contribution >= 0.6 is 0 Å². The summed E-state index contributed by atoms with van der Waals surface area (Å²) >= 11 is 0. The van der Waals surface area contributed by atoms with Gasteiger partial charge in [-0.3, -0.25) is 0 Å². The molecule has 0 atom stereocenters. The summed E-state index contributed by atoms with van der Waals surface area (Å²) < 4.78 is 5.79. The summed E-state index contributed by atoms with van der Waals surface area (Å²) in [5, 5.41) is 0. The first-order valence-corrected chi connectivity index (χ1v) is 4.85. The SMILES string of the molecule is NCc1ccccc1OC1CCC1. The quantitative estimate of drug-likeness (QED) is 0.767. The van der Waals surface area contributed by atoms with Crippen molar-refractivity contribution in [3.63, 3.8) is 0 Å². The molecule has 1 fully saturated rings. The second-order valence-corrected chi connectivity index (χ2v) is 3.48. The normalized spacial score (nSPS) is 16.7. The molecule has 1 aromatic carbocycles. The molecule has 2 rings (SSSR count). The minimum atomic E-state index is 0.438. The van der Waals surface area contributed by atoms with E-state index in [1.165, 1.54) is 19.3 Å². The van der Waals surface area contributed by atoms with Crippen LogP contribution in [0, 0.1) is 0 Å². The Hall–Kier alpha value is -1.02. The van der Waals surface area contributed by atoms with Gasteiger partial charge >= 0.3 is 0 Å². The van der Waals surface area contributed by atoms with Crippen LogP contribution in [0.25, 0.3) is 0 Å². The van der Waals surface area contributed by atoms with Crippen molar-refractivity contribution in [2.24, 2.45) is 5.73 Å². The Kier molecular flexibility index (Phi) is 2.50. The van der Waals surface area contributed by atoms with E-state index in [0.29, 0.717) is 12.6 Å². The van der Waals surface area contributed by atoms with Gasteiger partial charge in [-0.25, -0.2) is 0 Å². The molecule has 0 aliphatic heterocycles.